The van der Waals surface area contributed by atoms with Gasteiger partial charge in [0.1, 0.15) is 22.0 Å². The third-order valence-corrected chi connectivity index (χ3v) is 10.8. The fourth-order valence-electron chi connectivity index (χ4n) is 3.62. The van der Waals surface area contributed by atoms with Crippen LogP contribution in [-0.4, -0.2) is 40.6 Å². The van der Waals surface area contributed by atoms with Gasteiger partial charge in [0.25, 0.3) is 0 Å². The van der Waals surface area contributed by atoms with E-state index < -0.39 is 25.3 Å². The summed E-state index contributed by atoms with van der Waals surface area (Å²) in [6.45, 7) is -1.17. The van der Waals surface area contributed by atoms with Crippen LogP contribution in [0.1, 0.15) is 10.4 Å². The van der Waals surface area contributed by atoms with E-state index in [4.69, 9.17) is 60.7 Å². The van der Waals surface area contributed by atoms with Crippen molar-refractivity contribution in [1.29, 1.82) is 0 Å². The molecule has 1 unspecified atom stereocenters. The summed E-state index contributed by atoms with van der Waals surface area (Å²) in [4.78, 5) is 26.2. The molecule has 1 aliphatic carbocycles. The van der Waals surface area contributed by atoms with Gasteiger partial charge in [0.15, 0.2) is 11.3 Å². The number of aromatic hydroxyl groups is 1. The van der Waals surface area contributed by atoms with Crippen molar-refractivity contribution >= 4 is 154 Å². The number of phenols is 1. The third-order valence-electron chi connectivity index (χ3n) is 5.36. The number of halogens is 8. The standard InChI is InChI=1S/C23H10Cl4I4O7.Na/c24-13-11(12(14(25)16(27)15(13)26)23(36)37-4-5(33)3-32)10-6-1-8(28)19(34)17(30)21(6)38-22-7(10)2-9(29)20(35)18(22)31;/h1-2,5,32-34H,3-4H2;/q;+1. The first-order valence-corrected chi connectivity index (χ1v) is 15.9. The van der Waals surface area contributed by atoms with Gasteiger partial charge in [0.2, 0.25) is 5.43 Å². The van der Waals surface area contributed by atoms with Gasteiger partial charge >= 0.3 is 35.5 Å². The van der Waals surface area contributed by atoms with Crippen LogP contribution in [0.3, 0.4) is 0 Å². The summed E-state index contributed by atoms with van der Waals surface area (Å²) < 4.78 is 12.8. The van der Waals surface area contributed by atoms with Gasteiger partial charge in [-0.2, -0.15) is 0 Å². The van der Waals surface area contributed by atoms with E-state index >= 15 is 0 Å². The van der Waals surface area contributed by atoms with Gasteiger partial charge in [0.05, 0.1) is 43.0 Å². The summed E-state index contributed by atoms with van der Waals surface area (Å²) in [6, 6.07) is 3.22. The molecule has 0 aromatic heterocycles. The van der Waals surface area contributed by atoms with Crippen molar-refractivity contribution in [2.45, 2.75) is 6.10 Å². The normalized spacial score (nSPS) is 12.1. The van der Waals surface area contributed by atoms with Crippen LogP contribution in [-0.2, 0) is 4.74 Å². The Hall–Kier alpha value is 1.40. The van der Waals surface area contributed by atoms with Gasteiger partial charge in [-0.05, 0) is 102 Å². The van der Waals surface area contributed by atoms with E-state index in [-0.39, 0.29) is 86.9 Å². The topological polar surface area (TPSA) is 117 Å². The van der Waals surface area contributed by atoms with Crippen LogP contribution in [0, 0.1) is 14.3 Å². The number of rotatable bonds is 5. The van der Waals surface area contributed by atoms with Gasteiger partial charge in [-0.15, -0.1) is 0 Å². The molecular formula is C23H10Cl4I4NaO7+. The molecule has 0 spiro atoms. The average Bonchev–Trinajstić information content (AvgIpc) is 2.89. The Labute approximate surface area is 317 Å². The van der Waals surface area contributed by atoms with Crippen LogP contribution in [0.2, 0.25) is 20.1 Å². The fraction of sp³-hybridized carbons (Fsp3) is 0.130. The van der Waals surface area contributed by atoms with Gasteiger partial charge in [0, 0.05) is 22.1 Å². The van der Waals surface area contributed by atoms with E-state index in [1.165, 1.54) is 0 Å². The molecule has 39 heavy (non-hydrogen) atoms. The maximum atomic E-state index is 13.4. The second kappa shape index (κ2) is 14.0. The monoisotopic (exact) mass is 1070 g/mol. The van der Waals surface area contributed by atoms with Crippen molar-refractivity contribution in [3.8, 4) is 28.2 Å². The molecule has 16 heteroatoms. The number of hydrogen-bond donors (Lipinski definition) is 3. The Balaban J connectivity index is 0.00000420. The van der Waals surface area contributed by atoms with Gasteiger partial charge in [-0.25, -0.2) is 4.79 Å². The van der Waals surface area contributed by atoms with Crippen molar-refractivity contribution in [1.82, 2.24) is 0 Å². The maximum absolute atomic E-state index is 13.4. The number of esters is 1. The number of carbonyl (C=O) groups is 1. The molecule has 0 saturated carbocycles. The summed E-state index contributed by atoms with van der Waals surface area (Å²) >= 11 is 33.7. The number of hydrogen-bond acceptors (Lipinski definition) is 7. The molecule has 0 amide bonds. The second-order valence-corrected chi connectivity index (χ2v) is 13.7. The van der Waals surface area contributed by atoms with Crippen LogP contribution in [0.25, 0.3) is 33.4 Å². The van der Waals surface area contributed by atoms with Crippen LogP contribution in [0.15, 0.2) is 21.3 Å². The molecule has 1 aliphatic heterocycles. The van der Waals surface area contributed by atoms with E-state index in [2.05, 4.69) is 0 Å². The molecule has 4 rings (SSSR count). The molecule has 0 radical (unpaired) electrons. The fourth-order valence-corrected chi connectivity index (χ4v) is 8.22. The molecule has 2 aromatic rings. The summed E-state index contributed by atoms with van der Waals surface area (Å²) in [7, 11) is 0. The van der Waals surface area contributed by atoms with Crippen LogP contribution >= 0.6 is 137 Å². The molecule has 1 heterocycles. The largest absolute Gasteiger partial charge is 1.00 e. The maximum Gasteiger partial charge on any atom is 1.00 e. The molecule has 2 aliphatic rings. The number of phenolic OH excluding ortho intramolecular Hbond substituents is 1. The predicted molar refractivity (Wildman–Crippen MR) is 180 cm³/mol. The van der Waals surface area contributed by atoms with Crippen molar-refractivity contribution in [3.05, 3.63) is 62.3 Å². The van der Waals surface area contributed by atoms with Gasteiger partial charge < -0.3 is 24.5 Å². The van der Waals surface area contributed by atoms with E-state index in [0.29, 0.717) is 27.2 Å². The van der Waals surface area contributed by atoms with E-state index in [0.717, 1.165) is 0 Å². The minimum atomic E-state index is -1.33. The molecule has 7 nitrogen and oxygen atoms in total. The number of benzene rings is 3. The number of fused-ring (bicyclic) bond motifs is 2. The smallest absolute Gasteiger partial charge is 0.506 e. The Kier molecular flexibility index (Phi) is 12.5. The van der Waals surface area contributed by atoms with Crippen molar-refractivity contribution in [2.24, 2.45) is 0 Å². The zero-order valence-corrected chi connectivity index (χ0v) is 32.8. The first kappa shape index (κ1) is 34.9. The molecule has 0 saturated heterocycles. The summed E-state index contributed by atoms with van der Waals surface area (Å²) in [5.74, 6) is -0.843. The molecule has 0 fully saturated rings. The van der Waals surface area contributed by atoms with E-state index in [9.17, 15) is 19.8 Å². The molecule has 0 bridgehead atoms. The van der Waals surface area contributed by atoms with Crippen LogP contribution < -0.4 is 35.0 Å². The summed E-state index contributed by atoms with van der Waals surface area (Å²) in [5.41, 5.74) is 0.477. The molecule has 200 valence electrons. The number of aliphatic hydroxyl groups is 2. The molecule has 3 N–H and O–H groups in total. The minimum Gasteiger partial charge on any atom is -0.506 e. The quantitative estimate of drug-likeness (QED) is 0.0657. The number of carbonyl (C=O) groups excluding carboxylic acids is 1. The minimum absolute atomic E-state index is 0. The van der Waals surface area contributed by atoms with Gasteiger partial charge in [-0.1, -0.05) is 46.4 Å². The zero-order chi connectivity index (χ0) is 28.2. The van der Waals surface area contributed by atoms with Crippen LogP contribution in [0.5, 0.6) is 5.75 Å². The second-order valence-electron chi connectivity index (χ2n) is 7.69. The van der Waals surface area contributed by atoms with E-state index in [1.807, 2.05) is 90.4 Å². The van der Waals surface area contributed by atoms with Gasteiger partial charge in [-0.3, -0.25) is 4.79 Å². The SMILES string of the molecule is O=C(OCC(O)CO)c1c(Cl)c(Cl)c(Cl)c(Cl)c1-c1c2cc(I)c(=O)c(I)c-2oc2c(I)c(O)c(I)cc12.[Na+]. The molecule has 2 aromatic carbocycles. The van der Waals surface area contributed by atoms with E-state index in [1.54, 1.807) is 12.1 Å². The molecule has 1 atom stereocenters. The number of aliphatic hydroxyl groups excluding tert-OH is 2. The zero-order valence-electron chi connectivity index (χ0n) is 19.1. The Morgan fingerprint density at radius 3 is 2.18 bits per heavy atom. The molecular weight excluding hydrogens is 1060 g/mol. The Bertz CT molecular complexity index is 1680. The summed E-state index contributed by atoms with van der Waals surface area (Å²) in [5, 5.41) is 29.2. The summed E-state index contributed by atoms with van der Waals surface area (Å²) in [6.07, 6.45) is -1.33. The van der Waals surface area contributed by atoms with Crippen LogP contribution in [0.4, 0.5) is 0 Å². The third kappa shape index (κ3) is 6.45. The average molecular weight is 1070 g/mol. The van der Waals surface area contributed by atoms with Crippen molar-refractivity contribution in [3.63, 3.8) is 0 Å². The number of ether oxygens (including phenoxy) is 1. The van der Waals surface area contributed by atoms with Crippen molar-refractivity contribution < 1.29 is 58.8 Å². The van der Waals surface area contributed by atoms with Crippen molar-refractivity contribution in [2.75, 3.05) is 13.2 Å². The predicted octanol–water partition coefficient (Wildman–Crippen LogP) is 4.82. The Morgan fingerprint density at radius 2 is 1.56 bits per heavy atom. The first-order chi connectivity index (χ1) is 17.8. The Morgan fingerprint density at radius 1 is 0.949 bits per heavy atom. The first-order valence-electron chi connectivity index (χ1n) is 10.1.